The topological polar surface area (TPSA) is 112 Å². The first kappa shape index (κ1) is 22.6. The Hall–Kier alpha value is -3.04. The molecule has 1 atom stereocenters. The van der Waals surface area contributed by atoms with Crippen molar-refractivity contribution in [2.24, 2.45) is 0 Å². The number of carbonyl (C=O) groups excluding carboxylic acids is 1. The molecule has 0 bridgehead atoms. The molecule has 2 N–H and O–H groups in total. The van der Waals surface area contributed by atoms with Gasteiger partial charge in [-0.05, 0) is 30.7 Å². The summed E-state index contributed by atoms with van der Waals surface area (Å²) >= 11 is 0. The van der Waals surface area contributed by atoms with Gasteiger partial charge in [0, 0.05) is 18.5 Å². The van der Waals surface area contributed by atoms with Gasteiger partial charge in [-0.15, -0.1) is 0 Å². The van der Waals surface area contributed by atoms with Gasteiger partial charge >= 0.3 is 0 Å². The Labute approximate surface area is 181 Å². The fraction of sp³-hybridized carbons (Fsp3) is 0.318. The third kappa shape index (κ3) is 4.83. The fourth-order valence-corrected chi connectivity index (χ4v) is 4.93. The number of fused-ring (bicyclic) bond motifs is 1. The van der Waals surface area contributed by atoms with Crippen molar-refractivity contribution in [3.8, 4) is 0 Å². The van der Waals surface area contributed by atoms with Gasteiger partial charge in [-0.1, -0.05) is 44.2 Å². The molecular weight excluding hydrogens is 416 g/mol. The van der Waals surface area contributed by atoms with Crippen LogP contribution in [0.4, 0.5) is 0 Å². The second-order valence-electron chi connectivity index (χ2n) is 7.17. The van der Waals surface area contributed by atoms with Crippen molar-refractivity contribution < 1.29 is 13.2 Å². The Kier molecular flexibility index (Phi) is 6.87. The summed E-state index contributed by atoms with van der Waals surface area (Å²) < 4.78 is 26.6. The van der Waals surface area contributed by atoms with Gasteiger partial charge in [0.1, 0.15) is 0 Å². The zero-order valence-electron chi connectivity index (χ0n) is 17.8. The van der Waals surface area contributed by atoms with E-state index in [2.05, 4.69) is 15.5 Å². The number of amides is 1. The molecular formula is C22H26N4O4S. The molecule has 1 amide bonds. The highest BCUT2D eigenvalue weighted by molar-refractivity contribution is 7.89. The van der Waals surface area contributed by atoms with Crippen molar-refractivity contribution in [2.75, 3.05) is 13.1 Å². The minimum atomic E-state index is -3.52. The number of carbonyl (C=O) groups is 1. The van der Waals surface area contributed by atoms with Crippen LogP contribution >= 0.6 is 0 Å². The summed E-state index contributed by atoms with van der Waals surface area (Å²) in [7, 11) is -3.52. The molecule has 3 aromatic rings. The van der Waals surface area contributed by atoms with Gasteiger partial charge < -0.3 is 5.32 Å². The lowest BCUT2D eigenvalue weighted by atomic mass is 10.1. The number of nitrogens with one attached hydrogen (secondary N) is 2. The van der Waals surface area contributed by atoms with E-state index in [1.807, 2.05) is 6.92 Å². The third-order valence-corrected chi connectivity index (χ3v) is 7.27. The Morgan fingerprint density at radius 1 is 1.06 bits per heavy atom. The van der Waals surface area contributed by atoms with Crippen molar-refractivity contribution in [1.82, 2.24) is 19.8 Å². The van der Waals surface area contributed by atoms with Crippen molar-refractivity contribution in [1.29, 1.82) is 0 Å². The normalized spacial score (nSPS) is 12.8. The summed E-state index contributed by atoms with van der Waals surface area (Å²) in [6.07, 6.45) is 0.00998. The molecule has 2 aromatic carbocycles. The predicted molar refractivity (Wildman–Crippen MR) is 119 cm³/mol. The van der Waals surface area contributed by atoms with Crippen LogP contribution in [-0.4, -0.2) is 41.9 Å². The Balaban J connectivity index is 1.72. The average molecular weight is 443 g/mol. The van der Waals surface area contributed by atoms with Gasteiger partial charge in [0.25, 0.3) is 5.56 Å². The summed E-state index contributed by atoms with van der Waals surface area (Å²) in [6, 6.07) is 13.2. The van der Waals surface area contributed by atoms with Crippen molar-refractivity contribution in [2.45, 2.75) is 38.1 Å². The molecule has 0 saturated carbocycles. The SMILES string of the molecule is CCN(CC)S(=O)(=O)c1ccc([C@@H](C)NC(=O)Cc2n[nH]c(=O)c3ccccc23)cc1. The van der Waals surface area contributed by atoms with E-state index >= 15 is 0 Å². The average Bonchev–Trinajstić information content (AvgIpc) is 2.76. The summed E-state index contributed by atoms with van der Waals surface area (Å²) in [6.45, 7) is 6.23. The van der Waals surface area contributed by atoms with E-state index < -0.39 is 10.0 Å². The van der Waals surface area contributed by atoms with Gasteiger partial charge in [0.05, 0.1) is 28.4 Å². The molecule has 0 spiro atoms. The third-order valence-electron chi connectivity index (χ3n) is 5.20. The van der Waals surface area contributed by atoms with Gasteiger partial charge in [-0.25, -0.2) is 13.5 Å². The van der Waals surface area contributed by atoms with Gasteiger partial charge in [0.2, 0.25) is 15.9 Å². The highest BCUT2D eigenvalue weighted by Gasteiger charge is 2.22. The van der Waals surface area contributed by atoms with Crippen molar-refractivity contribution in [3.05, 3.63) is 70.1 Å². The summed E-state index contributed by atoms with van der Waals surface area (Å²) in [5.74, 6) is -0.253. The number of nitrogens with zero attached hydrogens (tertiary/aromatic N) is 2. The van der Waals surface area contributed by atoms with E-state index in [0.717, 1.165) is 5.56 Å². The highest BCUT2D eigenvalue weighted by Crippen LogP contribution is 2.20. The maximum absolute atomic E-state index is 12.6. The van der Waals surface area contributed by atoms with Crippen LogP contribution in [0.15, 0.2) is 58.2 Å². The van der Waals surface area contributed by atoms with Crippen LogP contribution in [0.2, 0.25) is 0 Å². The molecule has 3 rings (SSSR count). The van der Waals surface area contributed by atoms with E-state index in [-0.39, 0.29) is 28.8 Å². The second-order valence-corrected chi connectivity index (χ2v) is 9.11. The van der Waals surface area contributed by atoms with Crippen molar-refractivity contribution in [3.63, 3.8) is 0 Å². The first-order chi connectivity index (χ1) is 14.8. The number of H-pyrrole nitrogens is 1. The van der Waals surface area contributed by atoms with Crippen LogP contribution < -0.4 is 10.9 Å². The minimum Gasteiger partial charge on any atom is -0.349 e. The number of rotatable bonds is 8. The van der Waals surface area contributed by atoms with Gasteiger partial charge in [-0.2, -0.15) is 9.40 Å². The number of aromatic nitrogens is 2. The number of sulfonamides is 1. The predicted octanol–water partition coefficient (Wildman–Crippen LogP) is 2.37. The van der Waals surface area contributed by atoms with Crippen LogP contribution in [0, 0.1) is 0 Å². The number of hydrogen-bond donors (Lipinski definition) is 2. The minimum absolute atomic E-state index is 0.00998. The Bertz CT molecular complexity index is 1230. The second kappa shape index (κ2) is 9.40. The maximum Gasteiger partial charge on any atom is 0.272 e. The summed E-state index contributed by atoms with van der Waals surface area (Å²) in [5.41, 5.74) is 0.972. The smallest absolute Gasteiger partial charge is 0.272 e. The molecule has 9 heteroatoms. The fourth-order valence-electron chi connectivity index (χ4n) is 3.48. The first-order valence-corrected chi connectivity index (χ1v) is 11.6. The van der Waals surface area contributed by atoms with E-state index in [1.54, 1.807) is 62.4 Å². The van der Waals surface area contributed by atoms with Crippen molar-refractivity contribution >= 4 is 26.7 Å². The summed E-state index contributed by atoms with van der Waals surface area (Å²) in [5, 5.41) is 10.5. The molecule has 31 heavy (non-hydrogen) atoms. The van der Waals surface area contributed by atoms with Gasteiger partial charge in [0.15, 0.2) is 0 Å². The number of hydrogen-bond acceptors (Lipinski definition) is 5. The number of aromatic amines is 1. The van der Waals surface area contributed by atoms with Crippen LogP contribution in [0.1, 0.15) is 38.1 Å². The molecule has 164 valence electrons. The van der Waals surface area contributed by atoms with Crippen LogP contribution in [0.3, 0.4) is 0 Å². The zero-order valence-corrected chi connectivity index (χ0v) is 18.6. The lowest BCUT2D eigenvalue weighted by Gasteiger charge is -2.19. The molecule has 8 nitrogen and oxygen atoms in total. The molecule has 0 radical (unpaired) electrons. The lowest BCUT2D eigenvalue weighted by molar-refractivity contribution is -0.121. The maximum atomic E-state index is 12.6. The van der Waals surface area contributed by atoms with E-state index in [1.165, 1.54) is 4.31 Å². The van der Waals surface area contributed by atoms with Crippen LogP contribution in [0.25, 0.3) is 10.8 Å². The van der Waals surface area contributed by atoms with E-state index in [4.69, 9.17) is 0 Å². The Morgan fingerprint density at radius 2 is 1.68 bits per heavy atom. The molecule has 0 aliphatic rings. The molecule has 0 aliphatic carbocycles. The zero-order chi connectivity index (χ0) is 22.6. The largest absolute Gasteiger partial charge is 0.349 e. The Morgan fingerprint density at radius 3 is 2.29 bits per heavy atom. The summed E-state index contributed by atoms with van der Waals surface area (Å²) in [4.78, 5) is 24.7. The van der Waals surface area contributed by atoms with Crippen LogP contribution in [-0.2, 0) is 21.2 Å². The lowest BCUT2D eigenvalue weighted by Crippen LogP contribution is -2.31. The standard InChI is InChI=1S/C22H26N4O4S/c1-4-26(5-2)31(29,30)17-12-10-16(11-13-17)15(3)23-21(27)14-20-18-8-6-7-9-19(18)22(28)25-24-20/h6-13,15H,4-5,14H2,1-3H3,(H,23,27)(H,25,28)/t15-/m1/s1. The van der Waals surface area contributed by atoms with E-state index in [0.29, 0.717) is 29.6 Å². The quantitative estimate of drug-likeness (QED) is 0.556. The highest BCUT2D eigenvalue weighted by atomic mass is 32.2. The van der Waals surface area contributed by atoms with Crippen LogP contribution in [0.5, 0.6) is 0 Å². The molecule has 1 aromatic heterocycles. The van der Waals surface area contributed by atoms with E-state index in [9.17, 15) is 18.0 Å². The molecule has 0 aliphatic heterocycles. The first-order valence-electron chi connectivity index (χ1n) is 10.1. The molecule has 0 saturated heterocycles. The molecule has 1 heterocycles. The molecule has 0 unspecified atom stereocenters. The monoisotopic (exact) mass is 442 g/mol. The molecule has 0 fully saturated rings. The number of benzene rings is 2. The van der Waals surface area contributed by atoms with Gasteiger partial charge in [-0.3, -0.25) is 9.59 Å².